The van der Waals surface area contributed by atoms with E-state index in [9.17, 15) is 0 Å². The number of benzene rings is 1. The molecule has 0 aromatic heterocycles. The minimum Gasteiger partial charge on any atom is -0.312 e. The van der Waals surface area contributed by atoms with Crippen molar-refractivity contribution in [1.82, 2.24) is 5.32 Å². The van der Waals surface area contributed by atoms with Gasteiger partial charge in [-0.3, -0.25) is 0 Å². The Morgan fingerprint density at radius 1 is 0.810 bits per heavy atom. The lowest BCUT2D eigenvalue weighted by molar-refractivity contribution is 0.284. The maximum absolute atomic E-state index is 3.60. The van der Waals surface area contributed by atoms with Crippen LogP contribution in [-0.4, -0.2) is 12.1 Å². The molecule has 1 N–H and O–H groups in total. The molecular formula is C20H35N. The van der Waals surface area contributed by atoms with Crippen molar-refractivity contribution in [3.8, 4) is 0 Å². The Morgan fingerprint density at radius 2 is 1.33 bits per heavy atom. The Kier molecular flexibility index (Phi) is 6.93. The molecule has 1 rings (SSSR count). The van der Waals surface area contributed by atoms with Crippen LogP contribution in [0.3, 0.4) is 0 Å². The summed E-state index contributed by atoms with van der Waals surface area (Å²) in [5.74, 6) is 0. The zero-order valence-electron chi connectivity index (χ0n) is 15.1. The Labute approximate surface area is 132 Å². The molecule has 0 aliphatic carbocycles. The Morgan fingerprint density at radius 3 is 1.81 bits per heavy atom. The van der Waals surface area contributed by atoms with Crippen LogP contribution in [0.1, 0.15) is 71.9 Å². The number of aryl methyl sites for hydroxylation is 2. The van der Waals surface area contributed by atoms with Crippen molar-refractivity contribution in [1.29, 1.82) is 0 Å². The fourth-order valence-corrected chi connectivity index (χ4v) is 2.54. The van der Waals surface area contributed by atoms with Gasteiger partial charge in [0, 0.05) is 5.54 Å². The molecule has 0 amide bonds. The molecule has 0 spiro atoms. The second kappa shape index (κ2) is 7.98. The van der Waals surface area contributed by atoms with E-state index in [1.807, 2.05) is 0 Å². The van der Waals surface area contributed by atoms with Gasteiger partial charge >= 0.3 is 0 Å². The molecule has 120 valence electrons. The third-order valence-electron chi connectivity index (χ3n) is 4.11. The summed E-state index contributed by atoms with van der Waals surface area (Å²) in [4.78, 5) is 0. The average Bonchev–Trinajstić information content (AvgIpc) is 2.36. The van der Waals surface area contributed by atoms with Crippen LogP contribution in [-0.2, 0) is 12.8 Å². The average molecular weight is 290 g/mol. The van der Waals surface area contributed by atoms with Gasteiger partial charge in [0.2, 0.25) is 0 Å². The van der Waals surface area contributed by atoms with Crippen LogP contribution in [0, 0.1) is 5.41 Å². The minimum absolute atomic E-state index is 0.227. The van der Waals surface area contributed by atoms with E-state index in [0.29, 0.717) is 5.41 Å². The van der Waals surface area contributed by atoms with E-state index >= 15 is 0 Å². The molecule has 0 fully saturated rings. The maximum Gasteiger partial charge on any atom is 0.00965 e. The molecule has 1 aromatic rings. The predicted octanol–water partition coefficient (Wildman–Crippen LogP) is 5.38. The number of hydrogen-bond donors (Lipinski definition) is 1. The molecule has 0 aliphatic heterocycles. The monoisotopic (exact) mass is 289 g/mol. The molecule has 0 unspecified atom stereocenters. The molecule has 0 saturated carbocycles. The van der Waals surface area contributed by atoms with Gasteiger partial charge in [0.25, 0.3) is 0 Å². The third kappa shape index (κ3) is 8.26. The molecule has 1 aromatic carbocycles. The van der Waals surface area contributed by atoms with Gasteiger partial charge in [0.05, 0.1) is 0 Å². The van der Waals surface area contributed by atoms with Gasteiger partial charge < -0.3 is 5.32 Å². The van der Waals surface area contributed by atoms with Gasteiger partial charge in [-0.1, -0.05) is 51.5 Å². The van der Waals surface area contributed by atoms with Crippen molar-refractivity contribution in [2.75, 3.05) is 6.54 Å². The van der Waals surface area contributed by atoms with Crippen molar-refractivity contribution in [3.05, 3.63) is 35.4 Å². The standard InChI is InChI=1S/C20H35N/c1-7-8-17-9-11-18(12-10-17)13-14-20(5,6)15-16-21-19(2,3)4/h9-12,21H,7-8,13-16H2,1-6H3. The normalized spacial score (nSPS) is 12.7. The summed E-state index contributed by atoms with van der Waals surface area (Å²) >= 11 is 0. The Hall–Kier alpha value is -0.820. The first kappa shape index (κ1) is 18.2. The number of hydrogen-bond acceptors (Lipinski definition) is 1. The molecule has 1 nitrogen and oxygen atoms in total. The van der Waals surface area contributed by atoms with Crippen molar-refractivity contribution in [3.63, 3.8) is 0 Å². The molecule has 1 heteroatoms. The number of nitrogens with one attached hydrogen (secondary N) is 1. The van der Waals surface area contributed by atoms with E-state index in [-0.39, 0.29) is 5.54 Å². The lowest BCUT2D eigenvalue weighted by atomic mass is 9.83. The zero-order chi connectivity index (χ0) is 15.9. The van der Waals surface area contributed by atoms with Crippen LogP contribution in [0.15, 0.2) is 24.3 Å². The lowest BCUT2D eigenvalue weighted by Gasteiger charge is -2.28. The van der Waals surface area contributed by atoms with Crippen LogP contribution in [0.5, 0.6) is 0 Å². The fourth-order valence-electron chi connectivity index (χ4n) is 2.54. The fraction of sp³-hybridized carbons (Fsp3) is 0.700. The van der Waals surface area contributed by atoms with Gasteiger partial charge in [-0.25, -0.2) is 0 Å². The minimum atomic E-state index is 0.227. The summed E-state index contributed by atoms with van der Waals surface area (Å²) in [7, 11) is 0. The molecule has 21 heavy (non-hydrogen) atoms. The van der Waals surface area contributed by atoms with Crippen LogP contribution in [0.2, 0.25) is 0 Å². The highest BCUT2D eigenvalue weighted by atomic mass is 14.9. The Balaban J connectivity index is 2.38. The highest BCUT2D eigenvalue weighted by molar-refractivity contribution is 5.22. The zero-order valence-corrected chi connectivity index (χ0v) is 15.1. The Bertz CT molecular complexity index is 395. The van der Waals surface area contributed by atoms with Crippen molar-refractivity contribution in [2.24, 2.45) is 5.41 Å². The van der Waals surface area contributed by atoms with Gasteiger partial charge in [-0.05, 0) is 69.5 Å². The van der Waals surface area contributed by atoms with Crippen LogP contribution >= 0.6 is 0 Å². The molecule has 0 bridgehead atoms. The molecule has 0 radical (unpaired) electrons. The van der Waals surface area contributed by atoms with Crippen molar-refractivity contribution in [2.45, 2.75) is 79.2 Å². The van der Waals surface area contributed by atoms with Crippen LogP contribution in [0.25, 0.3) is 0 Å². The van der Waals surface area contributed by atoms with E-state index in [1.165, 1.54) is 43.2 Å². The first-order valence-corrected chi connectivity index (χ1v) is 8.55. The largest absolute Gasteiger partial charge is 0.312 e. The highest BCUT2D eigenvalue weighted by Crippen LogP contribution is 2.27. The molecule has 0 aliphatic rings. The first-order valence-electron chi connectivity index (χ1n) is 8.55. The second-order valence-electron chi connectivity index (χ2n) is 8.16. The predicted molar refractivity (Wildman–Crippen MR) is 94.9 cm³/mol. The van der Waals surface area contributed by atoms with E-state index in [0.717, 1.165) is 6.54 Å². The third-order valence-corrected chi connectivity index (χ3v) is 4.11. The van der Waals surface area contributed by atoms with Crippen molar-refractivity contribution < 1.29 is 0 Å². The molecule has 0 atom stereocenters. The van der Waals surface area contributed by atoms with Crippen molar-refractivity contribution >= 4 is 0 Å². The maximum atomic E-state index is 3.60. The molecular weight excluding hydrogens is 254 g/mol. The van der Waals surface area contributed by atoms with E-state index in [4.69, 9.17) is 0 Å². The summed E-state index contributed by atoms with van der Waals surface area (Å²) in [6, 6.07) is 9.23. The van der Waals surface area contributed by atoms with Gasteiger partial charge in [0.1, 0.15) is 0 Å². The highest BCUT2D eigenvalue weighted by Gasteiger charge is 2.18. The smallest absolute Gasteiger partial charge is 0.00965 e. The summed E-state index contributed by atoms with van der Waals surface area (Å²) < 4.78 is 0. The second-order valence-corrected chi connectivity index (χ2v) is 8.16. The molecule has 0 saturated heterocycles. The van der Waals surface area contributed by atoms with E-state index in [2.05, 4.69) is 71.1 Å². The van der Waals surface area contributed by atoms with E-state index in [1.54, 1.807) is 0 Å². The van der Waals surface area contributed by atoms with Crippen LogP contribution in [0.4, 0.5) is 0 Å². The van der Waals surface area contributed by atoms with Crippen LogP contribution < -0.4 is 5.32 Å². The summed E-state index contributed by atoms with van der Waals surface area (Å²) in [5.41, 5.74) is 3.58. The molecule has 0 heterocycles. The summed E-state index contributed by atoms with van der Waals surface area (Å²) in [5, 5.41) is 3.60. The topological polar surface area (TPSA) is 12.0 Å². The first-order chi connectivity index (χ1) is 9.72. The summed E-state index contributed by atoms with van der Waals surface area (Å²) in [6.07, 6.45) is 6.11. The quantitative estimate of drug-likeness (QED) is 0.678. The summed E-state index contributed by atoms with van der Waals surface area (Å²) in [6.45, 7) is 14.8. The number of rotatable bonds is 8. The van der Waals surface area contributed by atoms with E-state index < -0.39 is 0 Å². The lowest BCUT2D eigenvalue weighted by Crippen LogP contribution is -2.38. The van der Waals surface area contributed by atoms with Gasteiger partial charge in [0.15, 0.2) is 0 Å². The van der Waals surface area contributed by atoms with Gasteiger partial charge in [-0.2, -0.15) is 0 Å². The SMILES string of the molecule is CCCc1ccc(CCC(C)(C)CCNC(C)(C)C)cc1. The van der Waals surface area contributed by atoms with Gasteiger partial charge in [-0.15, -0.1) is 0 Å².